The minimum atomic E-state index is 0. The molecule has 0 aromatic carbocycles. The van der Waals surface area contributed by atoms with E-state index in [4.69, 9.17) is 0 Å². The first-order valence-electron chi connectivity index (χ1n) is 15.3. The normalized spacial score (nSPS) is 6.70. The van der Waals surface area contributed by atoms with Crippen LogP contribution in [0.15, 0.2) is 0 Å². The maximum atomic E-state index is 10.5. The van der Waals surface area contributed by atoms with Gasteiger partial charge < -0.3 is 0 Å². The average molecular weight is 545 g/mol. The molecule has 37 heavy (non-hydrogen) atoms. The van der Waals surface area contributed by atoms with Crippen LogP contribution in [0.25, 0.3) is 0 Å². The highest BCUT2D eigenvalue weighted by molar-refractivity contribution is 5.79. The van der Waals surface area contributed by atoms with Crippen LogP contribution in [-0.2, 0) is 4.79 Å². The van der Waals surface area contributed by atoms with Crippen molar-refractivity contribution < 1.29 is 4.79 Å². The van der Waals surface area contributed by atoms with Gasteiger partial charge >= 0.3 is 0 Å². The van der Waals surface area contributed by atoms with Gasteiger partial charge in [-0.05, 0) is 17.8 Å². The van der Waals surface area contributed by atoms with Crippen LogP contribution in [0.5, 0.6) is 0 Å². The second-order valence-corrected chi connectivity index (χ2v) is 8.65. The maximum Gasteiger partial charge on any atom is 0.135 e. The largest absolute Gasteiger partial charge is 0.299 e. The smallest absolute Gasteiger partial charge is 0.135 e. The van der Waals surface area contributed by atoms with E-state index < -0.39 is 0 Å². The van der Waals surface area contributed by atoms with Crippen molar-refractivity contribution in [1.29, 1.82) is 0 Å². The summed E-state index contributed by atoms with van der Waals surface area (Å²) < 4.78 is 0. The molecule has 0 aliphatic heterocycles. The lowest BCUT2D eigenvalue weighted by Gasteiger charge is -1.96. The molecule has 0 fully saturated rings. The quantitative estimate of drug-likeness (QED) is 0.345. The predicted molar refractivity (Wildman–Crippen MR) is 194 cm³/mol. The van der Waals surface area contributed by atoms with E-state index in [-0.39, 0.29) is 28.2 Å². The summed E-state index contributed by atoms with van der Waals surface area (Å²) in [4.78, 5) is 10.5. The van der Waals surface area contributed by atoms with Crippen LogP contribution < -0.4 is 0 Å². The Balaban J connectivity index is -0.0000000161. The van der Waals surface area contributed by atoms with Crippen molar-refractivity contribution in [1.82, 2.24) is 0 Å². The van der Waals surface area contributed by atoms with Gasteiger partial charge in [0.05, 0.1) is 0 Å². The summed E-state index contributed by atoms with van der Waals surface area (Å²) in [7, 11) is 0. The number of ketones is 1. The topological polar surface area (TPSA) is 17.1 Å². The van der Waals surface area contributed by atoms with Crippen LogP contribution >= 0.6 is 0 Å². The van der Waals surface area contributed by atoms with Gasteiger partial charge in [0.25, 0.3) is 0 Å². The van der Waals surface area contributed by atoms with E-state index in [0.29, 0.717) is 12.2 Å². The van der Waals surface area contributed by atoms with Gasteiger partial charge in [-0.15, -0.1) is 0 Å². The predicted octanol–water partition coefficient (Wildman–Crippen LogP) is 15.8. The fourth-order valence-electron chi connectivity index (χ4n) is 0.408. The minimum Gasteiger partial charge on any atom is -0.299 e. The first kappa shape index (κ1) is 83.3. The maximum absolute atomic E-state index is 10.5. The molecule has 0 atom stereocenters. The highest BCUT2D eigenvalue weighted by Gasteiger charge is 2.00. The zero-order valence-corrected chi connectivity index (χ0v) is 30.0. The standard InChI is InChI=1S/C6H12O.C5H12.2C4H10.2C3H8.4C2H6.3CH4/c1-4-6(7)5(2)3;1-4-5(2)3;2*1-4(2)3;2*1-3-2;4*1-2;;;/h5H,4H2,1-3H3;5H,4H2,1-3H3;2*4H,1-3H3;2*3H2,1-2H3;4*1-2H3;3*1H4. The third-order valence-corrected chi connectivity index (χ3v) is 1.81. The van der Waals surface area contributed by atoms with Crippen LogP contribution in [0.1, 0.15) is 214 Å². The van der Waals surface area contributed by atoms with E-state index in [2.05, 4.69) is 90.0 Å². The number of hydrogen-bond acceptors (Lipinski definition) is 1. The molecule has 0 bridgehead atoms. The molecule has 0 rings (SSSR count). The molecule has 0 radical (unpaired) electrons. The number of carbonyl (C=O) groups is 1. The van der Waals surface area contributed by atoms with Gasteiger partial charge in [0.15, 0.2) is 0 Å². The van der Waals surface area contributed by atoms with Crippen LogP contribution in [0, 0.1) is 23.7 Å². The molecule has 0 spiro atoms. The third-order valence-electron chi connectivity index (χ3n) is 1.81. The summed E-state index contributed by atoms with van der Waals surface area (Å²) in [6.45, 7) is 49.9. The van der Waals surface area contributed by atoms with Crippen LogP contribution in [0.4, 0.5) is 0 Å². The van der Waals surface area contributed by atoms with Crippen molar-refractivity contribution in [3.8, 4) is 0 Å². The van der Waals surface area contributed by atoms with Crippen molar-refractivity contribution in [2.45, 2.75) is 214 Å². The Morgan fingerprint density at radius 1 is 0.459 bits per heavy atom. The lowest BCUT2D eigenvalue weighted by molar-refractivity contribution is -0.121. The summed E-state index contributed by atoms with van der Waals surface area (Å²) in [5.41, 5.74) is 0. The van der Waals surface area contributed by atoms with Crippen molar-refractivity contribution in [2.75, 3.05) is 0 Å². The lowest BCUT2D eigenvalue weighted by atomic mass is 10.1. The van der Waals surface area contributed by atoms with Crippen LogP contribution in [0.3, 0.4) is 0 Å². The van der Waals surface area contributed by atoms with E-state index in [9.17, 15) is 4.79 Å². The molecule has 0 aromatic heterocycles. The number of Topliss-reactive ketones (excluding diaryl/α,β-unsaturated/α-hetero) is 1. The Kier molecular flexibility index (Phi) is 277. The van der Waals surface area contributed by atoms with Gasteiger partial charge in [-0.3, -0.25) is 4.79 Å². The summed E-state index contributed by atoms with van der Waals surface area (Å²) >= 11 is 0. The average Bonchev–Trinajstić information content (AvgIpc) is 2.79. The molecule has 0 aromatic rings. The lowest BCUT2D eigenvalue weighted by Crippen LogP contribution is -2.03. The number of hydrogen-bond donors (Lipinski definition) is 0. The molecule has 0 heterocycles. The Bertz CT molecular complexity index is 177. The molecule has 0 aliphatic carbocycles. The zero-order chi connectivity index (χ0) is 30.7. The Morgan fingerprint density at radius 2 is 0.568 bits per heavy atom. The Labute approximate surface area is 248 Å². The summed E-state index contributed by atoms with van der Waals surface area (Å²) in [6, 6.07) is 0. The minimum absolute atomic E-state index is 0. The monoisotopic (exact) mass is 545 g/mol. The molecule has 0 aliphatic rings. The molecular weight excluding hydrogens is 448 g/mol. The molecular formula is C36H96O. The van der Waals surface area contributed by atoms with Crippen LogP contribution in [0.2, 0.25) is 0 Å². The third kappa shape index (κ3) is 687. The number of rotatable bonds is 3. The summed E-state index contributed by atoms with van der Waals surface area (Å²) in [5, 5.41) is 0. The van der Waals surface area contributed by atoms with Gasteiger partial charge in [-0.25, -0.2) is 0 Å². The molecule has 0 unspecified atom stereocenters. The second-order valence-electron chi connectivity index (χ2n) is 8.65. The SMILES string of the molecule is C.C.C.CC.CC.CC.CC.CC(C)C.CC(C)C.CCC.CCC.CCC(=O)C(C)C.CCC(C)C. The highest BCUT2D eigenvalue weighted by Crippen LogP contribution is 1.95. The van der Waals surface area contributed by atoms with Crippen LogP contribution in [-0.4, -0.2) is 5.78 Å². The van der Waals surface area contributed by atoms with Crippen molar-refractivity contribution in [2.24, 2.45) is 23.7 Å². The Morgan fingerprint density at radius 3 is 0.568 bits per heavy atom. The summed E-state index contributed by atoms with van der Waals surface area (Å²) in [5.74, 6) is 3.12. The second kappa shape index (κ2) is 123. The van der Waals surface area contributed by atoms with Crippen molar-refractivity contribution in [3.05, 3.63) is 0 Å². The summed E-state index contributed by atoms with van der Waals surface area (Å²) in [6.07, 6.45) is 4.48. The number of carbonyl (C=O) groups excluding carboxylic acids is 1. The van der Waals surface area contributed by atoms with E-state index in [1.165, 1.54) is 19.3 Å². The van der Waals surface area contributed by atoms with Crippen molar-refractivity contribution in [3.63, 3.8) is 0 Å². The van der Waals surface area contributed by atoms with Crippen molar-refractivity contribution >= 4 is 5.78 Å². The van der Waals surface area contributed by atoms with E-state index in [1.54, 1.807) is 0 Å². The van der Waals surface area contributed by atoms with Gasteiger partial charge in [0.2, 0.25) is 0 Å². The Hall–Kier alpha value is -0.330. The first-order chi connectivity index (χ1) is 15.7. The molecule has 0 saturated heterocycles. The van der Waals surface area contributed by atoms with E-state index >= 15 is 0 Å². The van der Waals surface area contributed by atoms with E-state index in [1.807, 2.05) is 76.2 Å². The molecule has 0 saturated carbocycles. The van der Waals surface area contributed by atoms with Gasteiger partial charge in [0, 0.05) is 12.3 Å². The highest BCUT2D eigenvalue weighted by atomic mass is 16.1. The zero-order valence-electron chi connectivity index (χ0n) is 30.0. The van der Waals surface area contributed by atoms with E-state index in [0.717, 1.165) is 17.8 Å². The molecule has 0 amide bonds. The van der Waals surface area contributed by atoms with Gasteiger partial charge in [-0.1, -0.05) is 208 Å². The van der Waals surface area contributed by atoms with Gasteiger partial charge in [0.1, 0.15) is 5.78 Å². The van der Waals surface area contributed by atoms with Gasteiger partial charge in [-0.2, -0.15) is 0 Å². The molecule has 246 valence electrons. The molecule has 1 heteroatoms. The first-order valence-corrected chi connectivity index (χ1v) is 15.3. The fraction of sp³-hybridized carbons (Fsp3) is 0.972. The molecule has 0 N–H and O–H groups in total. The fourth-order valence-corrected chi connectivity index (χ4v) is 0.408. The molecule has 1 nitrogen and oxygen atoms in total.